The predicted molar refractivity (Wildman–Crippen MR) is 405 cm³/mol. The van der Waals surface area contributed by atoms with E-state index in [1.165, 1.54) is 218 Å². The van der Waals surface area contributed by atoms with Crippen molar-refractivity contribution in [2.24, 2.45) is 17.8 Å². The van der Waals surface area contributed by atoms with Gasteiger partial charge in [0, 0.05) is 25.7 Å². The molecule has 19 heteroatoms. The Kier molecular flexibility index (Phi) is 69.0. The molecule has 0 aromatic carbocycles. The summed E-state index contributed by atoms with van der Waals surface area (Å²) in [6.07, 6.45) is 58.3. The summed E-state index contributed by atoms with van der Waals surface area (Å²) in [6, 6.07) is 0. The second kappa shape index (κ2) is 70.4. The Morgan fingerprint density at radius 1 is 0.293 bits per heavy atom. The molecule has 0 bridgehead atoms. The number of carbonyl (C=O) groups excluding carboxylic acids is 4. The molecule has 0 saturated carbocycles. The van der Waals surface area contributed by atoms with Gasteiger partial charge in [-0.2, -0.15) is 0 Å². The number of hydrogen-bond acceptors (Lipinski definition) is 15. The largest absolute Gasteiger partial charge is 0.472 e. The molecule has 0 amide bonds. The molecule has 0 aliphatic heterocycles. The number of phosphoric acid groups is 2. The molecule has 3 N–H and O–H groups in total. The fourth-order valence-electron chi connectivity index (χ4n) is 12.3. The maximum Gasteiger partial charge on any atom is 0.472 e. The molecule has 588 valence electrons. The van der Waals surface area contributed by atoms with Crippen molar-refractivity contribution in [3.05, 3.63) is 0 Å². The van der Waals surface area contributed by atoms with Crippen molar-refractivity contribution in [3.63, 3.8) is 0 Å². The van der Waals surface area contributed by atoms with Gasteiger partial charge in [-0.25, -0.2) is 9.13 Å². The van der Waals surface area contributed by atoms with E-state index in [1.54, 1.807) is 0 Å². The minimum absolute atomic E-state index is 0.105. The number of esters is 4. The zero-order valence-corrected chi connectivity index (χ0v) is 66.8. The molecule has 99 heavy (non-hydrogen) atoms. The summed E-state index contributed by atoms with van der Waals surface area (Å²) in [4.78, 5) is 73.0. The molecule has 6 atom stereocenters. The van der Waals surface area contributed by atoms with Crippen LogP contribution in [-0.4, -0.2) is 96.7 Å². The van der Waals surface area contributed by atoms with E-state index in [0.717, 1.165) is 108 Å². The lowest BCUT2D eigenvalue weighted by Crippen LogP contribution is -2.30. The Morgan fingerprint density at radius 3 is 0.768 bits per heavy atom. The van der Waals surface area contributed by atoms with Gasteiger partial charge in [-0.05, 0) is 43.4 Å². The minimum atomic E-state index is -4.96. The van der Waals surface area contributed by atoms with Crippen LogP contribution in [0.3, 0.4) is 0 Å². The van der Waals surface area contributed by atoms with Crippen LogP contribution >= 0.6 is 15.6 Å². The summed E-state index contributed by atoms with van der Waals surface area (Å²) >= 11 is 0. The van der Waals surface area contributed by atoms with Crippen LogP contribution in [0.25, 0.3) is 0 Å². The summed E-state index contributed by atoms with van der Waals surface area (Å²) < 4.78 is 68.7. The summed E-state index contributed by atoms with van der Waals surface area (Å²) in [7, 11) is -9.92. The SMILES string of the molecule is CCCCCCCCCCCCCCCCCCC(=O)OC[C@H](COP(=O)(O)OC[C@@H](O)COP(=O)(O)OC[C@@H](COC(=O)CCCCCCCCCC(C)C)OC(=O)CCCCCCCCCCCCC(C)CC)OC(=O)CCCCCCCCCCCCCCCCCCC(C)C. The molecule has 0 aliphatic rings. The van der Waals surface area contributed by atoms with Gasteiger partial charge in [-0.3, -0.25) is 37.3 Å². The van der Waals surface area contributed by atoms with Crippen LogP contribution in [0.4, 0.5) is 0 Å². The first-order chi connectivity index (χ1) is 47.8. The standard InChI is InChI=1S/C80H156O17P2/c1-8-10-11-12-13-14-15-16-17-21-24-27-33-40-47-54-61-77(82)90-67-75(96-79(84)63-56-49-41-34-28-25-22-19-18-20-23-26-31-37-44-51-58-71(3)4)69-94-98(86,87)92-65-74(81)66-93-99(88,89)95-70-76(68-91-78(83)62-55-48-43-36-38-45-52-59-72(5)6)97-80(85)64-57-50-42-35-30-29-32-39-46-53-60-73(7)9-2/h71-76,81H,8-70H2,1-7H3,(H,86,87)(H,88,89)/t73?,74-,75-,76-/m1/s1. The highest BCUT2D eigenvalue weighted by atomic mass is 31.2. The molecule has 0 heterocycles. The van der Waals surface area contributed by atoms with Gasteiger partial charge in [-0.15, -0.1) is 0 Å². The lowest BCUT2D eigenvalue weighted by atomic mass is 9.99. The van der Waals surface area contributed by atoms with E-state index in [2.05, 4.69) is 48.5 Å². The number of aliphatic hydroxyl groups excluding tert-OH is 1. The maximum absolute atomic E-state index is 13.1. The lowest BCUT2D eigenvalue weighted by Gasteiger charge is -2.21. The van der Waals surface area contributed by atoms with Crippen molar-refractivity contribution in [1.29, 1.82) is 0 Å². The van der Waals surface area contributed by atoms with Crippen molar-refractivity contribution in [3.8, 4) is 0 Å². The van der Waals surface area contributed by atoms with E-state index >= 15 is 0 Å². The number of carbonyl (C=O) groups is 4. The van der Waals surface area contributed by atoms with Crippen LogP contribution in [0, 0.1) is 17.8 Å². The van der Waals surface area contributed by atoms with Crippen molar-refractivity contribution in [2.75, 3.05) is 39.6 Å². The first-order valence-electron chi connectivity index (χ1n) is 41.4. The molecule has 0 saturated heterocycles. The molecule has 0 spiro atoms. The van der Waals surface area contributed by atoms with Crippen molar-refractivity contribution >= 4 is 39.5 Å². The van der Waals surface area contributed by atoms with Crippen LogP contribution in [0.5, 0.6) is 0 Å². The molecular formula is C80H156O17P2. The van der Waals surface area contributed by atoms with Crippen LogP contribution < -0.4 is 0 Å². The number of hydrogen-bond donors (Lipinski definition) is 3. The lowest BCUT2D eigenvalue weighted by molar-refractivity contribution is -0.161. The number of phosphoric ester groups is 2. The van der Waals surface area contributed by atoms with Gasteiger partial charge in [0.25, 0.3) is 0 Å². The highest BCUT2D eigenvalue weighted by Crippen LogP contribution is 2.45. The van der Waals surface area contributed by atoms with Crippen LogP contribution in [-0.2, 0) is 65.4 Å². The van der Waals surface area contributed by atoms with Gasteiger partial charge < -0.3 is 33.8 Å². The van der Waals surface area contributed by atoms with Crippen LogP contribution in [0.2, 0.25) is 0 Å². The van der Waals surface area contributed by atoms with Gasteiger partial charge in [0.1, 0.15) is 19.3 Å². The molecule has 0 fully saturated rings. The third-order valence-electron chi connectivity index (χ3n) is 19.0. The Labute approximate surface area is 607 Å². The van der Waals surface area contributed by atoms with Gasteiger partial charge in [-0.1, -0.05) is 363 Å². The van der Waals surface area contributed by atoms with E-state index in [0.29, 0.717) is 31.6 Å². The second-order valence-corrected chi connectivity index (χ2v) is 32.9. The Balaban J connectivity index is 5.25. The smallest absolute Gasteiger partial charge is 0.462 e. The molecule has 0 aromatic rings. The normalized spacial score (nSPS) is 14.3. The van der Waals surface area contributed by atoms with E-state index in [1.807, 2.05) is 0 Å². The van der Waals surface area contributed by atoms with E-state index < -0.39 is 97.5 Å². The summed E-state index contributed by atoms with van der Waals surface area (Å²) in [5.74, 6) is 0.205. The Morgan fingerprint density at radius 2 is 0.515 bits per heavy atom. The van der Waals surface area contributed by atoms with Gasteiger partial charge in [0.05, 0.1) is 26.4 Å². The monoisotopic (exact) mass is 1450 g/mol. The molecule has 0 aliphatic carbocycles. The van der Waals surface area contributed by atoms with Crippen molar-refractivity contribution in [1.82, 2.24) is 0 Å². The zero-order chi connectivity index (χ0) is 73.0. The van der Waals surface area contributed by atoms with Crippen LogP contribution in [0.15, 0.2) is 0 Å². The summed E-state index contributed by atoms with van der Waals surface area (Å²) in [5, 5.41) is 10.6. The zero-order valence-electron chi connectivity index (χ0n) is 65.0. The molecule has 17 nitrogen and oxygen atoms in total. The molecule has 0 rings (SSSR count). The quantitative estimate of drug-likeness (QED) is 0.0222. The molecule has 3 unspecified atom stereocenters. The van der Waals surface area contributed by atoms with Gasteiger partial charge in [0.2, 0.25) is 0 Å². The van der Waals surface area contributed by atoms with Crippen molar-refractivity contribution < 1.29 is 80.2 Å². The number of ether oxygens (including phenoxy) is 4. The number of rotatable bonds is 78. The van der Waals surface area contributed by atoms with Gasteiger partial charge in [0.15, 0.2) is 12.2 Å². The van der Waals surface area contributed by atoms with Crippen LogP contribution in [0.1, 0.15) is 414 Å². The second-order valence-electron chi connectivity index (χ2n) is 30.0. The fraction of sp³-hybridized carbons (Fsp3) is 0.950. The Bertz CT molecular complexity index is 1920. The average molecular weight is 1450 g/mol. The van der Waals surface area contributed by atoms with Crippen molar-refractivity contribution in [2.45, 2.75) is 433 Å². The van der Waals surface area contributed by atoms with E-state index in [4.69, 9.17) is 37.0 Å². The highest BCUT2D eigenvalue weighted by molar-refractivity contribution is 7.47. The third kappa shape index (κ3) is 72.8. The maximum atomic E-state index is 13.1. The third-order valence-corrected chi connectivity index (χ3v) is 20.9. The number of aliphatic hydroxyl groups is 1. The topological polar surface area (TPSA) is 237 Å². The first-order valence-corrected chi connectivity index (χ1v) is 44.4. The summed E-state index contributed by atoms with van der Waals surface area (Å²) in [5.41, 5.74) is 0. The number of unbranched alkanes of at least 4 members (excludes halogenated alkanes) is 45. The molecular weight excluding hydrogens is 1290 g/mol. The average Bonchev–Trinajstić information content (AvgIpc) is 0.939. The predicted octanol–water partition coefficient (Wildman–Crippen LogP) is 23.7. The Hall–Kier alpha value is -1.94. The summed E-state index contributed by atoms with van der Waals surface area (Å²) in [6.45, 7) is 11.9. The first kappa shape index (κ1) is 97.1. The highest BCUT2D eigenvalue weighted by Gasteiger charge is 2.30. The minimum Gasteiger partial charge on any atom is -0.462 e. The van der Waals surface area contributed by atoms with Gasteiger partial charge >= 0.3 is 39.5 Å². The molecule has 0 aromatic heterocycles. The van der Waals surface area contributed by atoms with E-state index in [9.17, 15) is 43.2 Å². The fourth-order valence-corrected chi connectivity index (χ4v) is 13.9. The molecule has 0 radical (unpaired) electrons. The van der Waals surface area contributed by atoms with E-state index in [-0.39, 0.29) is 25.7 Å².